The Kier molecular flexibility index (Phi) is 7.51. The Morgan fingerprint density at radius 2 is 2.14 bits per heavy atom. The van der Waals surface area contributed by atoms with Gasteiger partial charge in [-0.15, -0.1) is 0 Å². The Bertz CT molecular complexity index is 1160. The second-order valence-electron chi connectivity index (χ2n) is 11.2. The van der Waals surface area contributed by atoms with Gasteiger partial charge in [-0.3, -0.25) is 18.8 Å². The number of hydrogen-bond donors (Lipinski definition) is 2. The highest BCUT2D eigenvalue weighted by molar-refractivity contribution is 5.93. The molecule has 2 aromatic rings. The second-order valence-corrected chi connectivity index (χ2v) is 11.2. The van der Waals surface area contributed by atoms with Crippen LogP contribution in [0, 0.1) is 23.2 Å². The number of carbonyl (C=O) groups is 3. The molecule has 9 nitrogen and oxygen atoms in total. The fourth-order valence-corrected chi connectivity index (χ4v) is 6.56. The number of aromatic nitrogens is 2. The fraction of sp³-hybridized carbons (Fsp3) is 0.643. The number of rotatable bonds is 13. The molecule has 37 heavy (non-hydrogen) atoms. The Labute approximate surface area is 218 Å². The first-order chi connectivity index (χ1) is 17.9. The van der Waals surface area contributed by atoms with E-state index in [1.165, 1.54) is 43.4 Å². The summed E-state index contributed by atoms with van der Waals surface area (Å²) in [5.41, 5.74) is 2.39. The Morgan fingerprint density at radius 3 is 2.89 bits per heavy atom. The molecular formula is C28H39N5O4. The van der Waals surface area contributed by atoms with Gasteiger partial charge in [0.25, 0.3) is 5.91 Å². The van der Waals surface area contributed by atoms with Crippen LogP contribution in [-0.4, -0.2) is 72.4 Å². The molecule has 3 aliphatic carbocycles. The number of likely N-dealkylation sites (N-methyl/N-ethyl adjacent to an activating group) is 1. The number of methoxy groups -OCH3 is 1. The van der Waals surface area contributed by atoms with Crippen molar-refractivity contribution in [1.82, 2.24) is 24.9 Å². The van der Waals surface area contributed by atoms with Crippen LogP contribution in [0.2, 0.25) is 0 Å². The van der Waals surface area contributed by atoms with Gasteiger partial charge < -0.3 is 20.3 Å². The van der Waals surface area contributed by atoms with Crippen LogP contribution >= 0.6 is 0 Å². The molecule has 200 valence electrons. The predicted molar refractivity (Wildman–Crippen MR) is 139 cm³/mol. The molecule has 4 atom stereocenters. The summed E-state index contributed by atoms with van der Waals surface area (Å²) in [6.07, 6.45) is 11.2. The van der Waals surface area contributed by atoms with Gasteiger partial charge >= 0.3 is 0 Å². The maximum Gasteiger partial charge on any atom is 0.268 e. The number of pyridine rings is 1. The minimum atomic E-state index is -0.295. The van der Waals surface area contributed by atoms with Gasteiger partial charge in [-0.25, -0.2) is 4.98 Å². The quantitative estimate of drug-likeness (QED) is 0.404. The van der Waals surface area contributed by atoms with E-state index in [1.54, 1.807) is 36.9 Å². The van der Waals surface area contributed by atoms with Crippen LogP contribution in [0.25, 0.3) is 5.65 Å². The van der Waals surface area contributed by atoms with Crippen molar-refractivity contribution in [2.45, 2.75) is 51.4 Å². The van der Waals surface area contributed by atoms with E-state index >= 15 is 0 Å². The normalized spacial score (nSPS) is 25.5. The van der Waals surface area contributed by atoms with Gasteiger partial charge in [-0.2, -0.15) is 0 Å². The number of hydrogen-bond acceptors (Lipinski definition) is 5. The molecule has 0 aromatic carbocycles. The molecule has 0 aliphatic heterocycles. The first-order valence-electron chi connectivity index (χ1n) is 13.7. The lowest BCUT2D eigenvalue weighted by Gasteiger charge is -2.16. The van der Waals surface area contributed by atoms with Crippen LogP contribution in [0.15, 0.2) is 24.4 Å². The van der Waals surface area contributed by atoms with Crippen molar-refractivity contribution in [3.05, 3.63) is 35.8 Å². The smallest absolute Gasteiger partial charge is 0.268 e. The summed E-state index contributed by atoms with van der Waals surface area (Å²) >= 11 is 0. The number of nitrogens with zero attached hydrogens (tertiary/aromatic N) is 3. The molecule has 2 N–H and O–H groups in total. The van der Waals surface area contributed by atoms with Crippen LogP contribution in [-0.2, 0) is 20.7 Å². The zero-order valence-electron chi connectivity index (χ0n) is 22.0. The van der Waals surface area contributed by atoms with Gasteiger partial charge in [0, 0.05) is 33.4 Å². The Morgan fingerprint density at radius 1 is 1.27 bits per heavy atom. The zero-order chi connectivity index (χ0) is 26.0. The largest absolute Gasteiger partial charge is 0.383 e. The van der Waals surface area contributed by atoms with Crippen LogP contribution in [0.5, 0.6) is 0 Å². The molecule has 3 aliphatic rings. The van der Waals surface area contributed by atoms with Crippen molar-refractivity contribution in [2.75, 3.05) is 40.4 Å². The third-order valence-corrected chi connectivity index (χ3v) is 8.78. The molecule has 2 heterocycles. The summed E-state index contributed by atoms with van der Waals surface area (Å²) in [6.45, 7) is 1.50. The van der Waals surface area contributed by atoms with E-state index in [1.807, 2.05) is 6.07 Å². The minimum Gasteiger partial charge on any atom is -0.383 e. The first-order valence-corrected chi connectivity index (χ1v) is 13.7. The van der Waals surface area contributed by atoms with Crippen LogP contribution < -0.4 is 10.6 Å². The number of carbonyl (C=O) groups excluding carboxylic acids is 3. The monoisotopic (exact) mass is 509 g/mol. The Hall–Kier alpha value is -2.94. The number of imidazole rings is 1. The molecule has 0 saturated heterocycles. The fourth-order valence-electron chi connectivity index (χ4n) is 6.56. The molecular weight excluding hydrogens is 470 g/mol. The van der Waals surface area contributed by atoms with Crippen molar-refractivity contribution in [3.8, 4) is 0 Å². The van der Waals surface area contributed by atoms with Gasteiger partial charge in [-0.1, -0.05) is 12.5 Å². The van der Waals surface area contributed by atoms with Crippen molar-refractivity contribution < 1.29 is 19.1 Å². The lowest BCUT2D eigenvalue weighted by atomic mass is 9.94. The van der Waals surface area contributed by atoms with Crippen molar-refractivity contribution in [2.24, 2.45) is 23.2 Å². The molecule has 0 radical (unpaired) electrons. The lowest BCUT2D eigenvalue weighted by molar-refractivity contribution is -0.132. The summed E-state index contributed by atoms with van der Waals surface area (Å²) in [6, 6.07) is 5.39. The van der Waals surface area contributed by atoms with E-state index in [4.69, 9.17) is 4.74 Å². The van der Waals surface area contributed by atoms with E-state index < -0.39 is 0 Å². The molecule has 5 rings (SSSR count). The van der Waals surface area contributed by atoms with E-state index in [-0.39, 0.29) is 30.7 Å². The van der Waals surface area contributed by atoms with Gasteiger partial charge in [0.15, 0.2) is 0 Å². The van der Waals surface area contributed by atoms with Crippen LogP contribution in [0.4, 0.5) is 0 Å². The highest BCUT2D eigenvalue weighted by Gasteiger charge is 2.66. The number of ether oxygens (including phenoxy) is 1. The number of nitrogens with one attached hydrogen (secondary N) is 2. The number of fused-ring (bicyclic) bond motifs is 2. The topological polar surface area (TPSA) is 105 Å². The van der Waals surface area contributed by atoms with E-state index in [0.717, 1.165) is 29.6 Å². The average molecular weight is 510 g/mol. The van der Waals surface area contributed by atoms with Gasteiger partial charge in [0.1, 0.15) is 11.3 Å². The van der Waals surface area contributed by atoms with Crippen LogP contribution in [0.3, 0.4) is 0 Å². The molecule has 3 saturated carbocycles. The van der Waals surface area contributed by atoms with Gasteiger partial charge in [-0.05, 0) is 73.8 Å². The first kappa shape index (κ1) is 25.7. The summed E-state index contributed by atoms with van der Waals surface area (Å²) in [5, 5.41) is 5.71. The van der Waals surface area contributed by atoms with Crippen molar-refractivity contribution in [1.29, 1.82) is 0 Å². The van der Waals surface area contributed by atoms with Crippen molar-refractivity contribution >= 4 is 23.4 Å². The standard InChI is InChI=1S/C28H39N5O4/c1-32(12-13-37-2)26(35)17-30-25(34)15-21-18-33-23(8-3-9-24(33)31-21)27(36)29-11-5-6-19-14-22(19)28-10-4-7-20(28)16-28/h3,8-9,18-20,22H,4-7,10-17H2,1-2H3,(H,29,36)(H,30,34)/t19?,20?,22-,28?/m0/s1. The summed E-state index contributed by atoms with van der Waals surface area (Å²) < 4.78 is 6.69. The molecule has 3 amide bonds. The highest BCUT2D eigenvalue weighted by Crippen LogP contribution is 2.75. The van der Waals surface area contributed by atoms with Crippen molar-refractivity contribution in [3.63, 3.8) is 0 Å². The SMILES string of the molecule is COCCN(C)C(=O)CNC(=O)Cc1cn2c(C(=O)NCCCC3C[C@@H]3C34CCCC3C4)cccc2n1. The van der Waals surface area contributed by atoms with Crippen LogP contribution in [0.1, 0.15) is 61.1 Å². The maximum atomic E-state index is 12.9. The van der Waals surface area contributed by atoms with Gasteiger partial charge in [0.05, 0.1) is 25.3 Å². The molecule has 0 bridgehead atoms. The molecule has 3 fully saturated rings. The lowest BCUT2D eigenvalue weighted by Crippen LogP contribution is -2.39. The summed E-state index contributed by atoms with van der Waals surface area (Å²) in [4.78, 5) is 43.4. The average Bonchev–Trinajstić information content (AvgIpc) is 3.74. The van der Waals surface area contributed by atoms with E-state index in [2.05, 4.69) is 15.6 Å². The van der Waals surface area contributed by atoms with Gasteiger partial charge in [0.2, 0.25) is 11.8 Å². The second kappa shape index (κ2) is 10.8. The third kappa shape index (κ3) is 5.66. The molecule has 2 aromatic heterocycles. The summed E-state index contributed by atoms with van der Waals surface area (Å²) in [5.74, 6) is 2.24. The highest BCUT2D eigenvalue weighted by atomic mass is 16.5. The zero-order valence-corrected chi connectivity index (χ0v) is 22.0. The Balaban J connectivity index is 1.07. The van der Waals surface area contributed by atoms with E-state index in [9.17, 15) is 14.4 Å². The molecule has 0 spiro atoms. The minimum absolute atomic E-state index is 0.0305. The number of amides is 3. The summed E-state index contributed by atoms with van der Waals surface area (Å²) in [7, 11) is 3.25. The molecule has 9 heteroatoms. The maximum absolute atomic E-state index is 12.9. The third-order valence-electron chi connectivity index (χ3n) is 8.78. The molecule has 3 unspecified atom stereocenters. The predicted octanol–water partition coefficient (Wildman–Crippen LogP) is 2.43. The van der Waals surface area contributed by atoms with E-state index in [0.29, 0.717) is 36.7 Å².